The number of urea groups is 1. The SMILES string of the molecule is CN1C(=O)CC(N2CCN(C(=O)NC(C)(C)C)CC2)C1=O. The van der Waals surface area contributed by atoms with Gasteiger partial charge in [0.2, 0.25) is 11.8 Å². The molecule has 2 saturated heterocycles. The van der Waals surface area contributed by atoms with Gasteiger partial charge >= 0.3 is 6.03 Å². The third-order valence-electron chi connectivity index (χ3n) is 3.88. The Labute approximate surface area is 125 Å². The van der Waals surface area contributed by atoms with Gasteiger partial charge in [-0.1, -0.05) is 0 Å². The lowest BCUT2D eigenvalue weighted by molar-refractivity contribution is -0.138. The zero-order valence-corrected chi connectivity index (χ0v) is 13.2. The maximum Gasteiger partial charge on any atom is 0.317 e. The van der Waals surface area contributed by atoms with E-state index in [1.807, 2.05) is 25.7 Å². The average Bonchev–Trinajstić information content (AvgIpc) is 2.65. The van der Waals surface area contributed by atoms with E-state index in [-0.39, 0.29) is 35.8 Å². The van der Waals surface area contributed by atoms with Crippen LogP contribution in [-0.2, 0) is 9.59 Å². The van der Waals surface area contributed by atoms with Crippen LogP contribution in [0, 0.1) is 0 Å². The maximum atomic E-state index is 12.1. The summed E-state index contributed by atoms with van der Waals surface area (Å²) in [5.41, 5.74) is -0.259. The van der Waals surface area contributed by atoms with Gasteiger partial charge in [0.15, 0.2) is 0 Å². The molecular weight excluding hydrogens is 272 g/mol. The molecule has 0 aliphatic carbocycles. The highest BCUT2D eigenvalue weighted by atomic mass is 16.2. The number of carbonyl (C=O) groups excluding carboxylic acids is 3. The van der Waals surface area contributed by atoms with E-state index in [9.17, 15) is 14.4 Å². The lowest BCUT2D eigenvalue weighted by Gasteiger charge is -2.38. The molecule has 7 nitrogen and oxygen atoms in total. The Balaban J connectivity index is 1.88. The molecular formula is C14H24N4O3. The van der Waals surface area contributed by atoms with Crippen LogP contribution in [-0.4, -0.2) is 77.4 Å². The number of likely N-dealkylation sites (N-methyl/N-ethyl adjacent to an activating group) is 1. The third-order valence-corrected chi connectivity index (χ3v) is 3.88. The summed E-state index contributed by atoms with van der Waals surface area (Å²) in [5, 5.41) is 2.94. The molecule has 21 heavy (non-hydrogen) atoms. The molecule has 0 saturated carbocycles. The second-order valence-corrected chi connectivity index (χ2v) is 6.71. The van der Waals surface area contributed by atoms with Crippen LogP contribution >= 0.6 is 0 Å². The number of hydrogen-bond donors (Lipinski definition) is 1. The van der Waals surface area contributed by atoms with Crippen LogP contribution in [0.4, 0.5) is 4.79 Å². The van der Waals surface area contributed by atoms with Gasteiger partial charge in [0.25, 0.3) is 0 Å². The number of amides is 4. The van der Waals surface area contributed by atoms with Crippen molar-refractivity contribution in [3.05, 3.63) is 0 Å². The second kappa shape index (κ2) is 5.63. The van der Waals surface area contributed by atoms with Crippen molar-refractivity contribution < 1.29 is 14.4 Å². The number of hydrogen-bond acceptors (Lipinski definition) is 4. The minimum Gasteiger partial charge on any atom is -0.333 e. The van der Waals surface area contributed by atoms with Gasteiger partial charge in [-0.2, -0.15) is 0 Å². The summed E-state index contributed by atoms with van der Waals surface area (Å²) in [6.07, 6.45) is 0.253. The minimum atomic E-state index is -0.352. The van der Waals surface area contributed by atoms with E-state index in [4.69, 9.17) is 0 Å². The predicted molar refractivity (Wildman–Crippen MR) is 77.6 cm³/mol. The van der Waals surface area contributed by atoms with Crippen molar-refractivity contribution in [2.75, 3.05) is 33.2 Å². The minimum absolute atomic E-state index is 0.0758. The number of carbonyl (C=O) groups is 3. The number of nitrogens with one attached hydrogen (secondary N) is 1. The summed E-state index contributed by atoms with van der Waals surface area (Å²) in [6.45, 7) is 8.22. The van der Waals surface area contributed by atoms with Crippen molar-refractivity contribution in [1.82, 2.24) is 20.0 Å². The lowest BCUT2D eigenvalue weighted by Crippen LogP contribution is -2.57. The fraction of sp³-hybridized carbons (Fsp3) is 0.786. The van der Waals surface area contributed by atoms with Gasteiger partial charge in [-0.05, 0) is 20.8 Å². The fourth-order valence-corrected chi connectivity index (χ4v) is 2.66. The molecule has 0 radical (unpaired) electrons. The Kier molecular flexibility index (Phi) is 4.22. The number of rotatable bonds is 1. The molecule has 0 spiro atoms. The smallest absolute Gasteiger partial charge is 0.317 e. The first kappa shape index (κ1) is 15.8. The first-order chi connectivity index (χ1) is 9.69. The molecule has 0 aromatic carbocycles. The van der Waals surface area contributed by atoms with Crippen molar-refractivity contribution in [2.45, 2.75) is 38.8 Å². The van der Waals surface area contributed by atoms with Crippen LogP contribution in [0.25, 0.3) is 0 Å². The van der Waals surface area contributed by atoms with E-state index in [2.05, 4.69) is 5.32 Å². The highest BCUT2D eigenvalue weighted by Gasteiger charge is 2.41. The Morgan fingerprint density at radius 3 is 2.14 bits per heavy atom. The first-order valence-corrected chi connectivity index (χ1v) is 7.30. The van der Waals surface area contributed by atoms with Gasteiger partial charge in [-0.3, -0.25) is 19.4 Å². The highest BCUT2D eigenvalue weighted by Crippen LogP contribution is 2.19. The van der Waals surface area contributed by atoms with Crippen molar-refractivity contribution >= 4 is 17.8 Å². The van der Waals surface area contributed by atoms with E-state index >= 15 is 0 Å². The number of imide groups is 1. The van der Waals surface area contributed by atoms with Crippen LogP contribution in [0.2, 0.25) is 0 Å². The normalized spacial score (nSPS) is 24.7. The molecule has 2 rings (SSSR count). The zero-order chi connectivity index (χ0) is 15.8. The molecule has 1 unspecified atom stereocenters. The van der Waals surface area contributed by atoms with Crippen molar-refractivity contribution in [3.8, 4) is 0 Å². The van der Waals surface area contributed by atoms with Gasteiger partial charge in [-0.15, -0.1) is 0 Å². The molecule has 7 heteroatoms. The van der Waals surface area contributed by atoms with Gasteiger partial charge < -0.3 is 10.2 Å². The molecule has 118 valence electrons. The molecule has 1 atom stereocenters. The molecule has 4 amide bonds. The van der Waals surface area contributed by atoms with Crippen LogP contribution in [0.5, 0.6) is 0 Å². The van der Waals surface area contributed by atoms with Gasteiger partial charge in [0.05, 0.1) is 12.5 Å². The summed E-state index contributed by atoms with van der Waals surface area (Å²) >= 11 is 0. The lowest BCUT2D eigenvalue weighted by atomic mass is 10.1. The summed E-state index contributed by atoms with van der Waals surface area (Å²) in [7, 11) is 1.53. The molecule has 1 N–H and O–H groups in total. The van der Waals surface area contributed by atoms with E-state index in [0.717, 1.165) is 0 Å². The van der Waals surface area contributed by atoms with Crippen molar-refractivity contribution in [3.63, 3.8) is 0 Å². The Morgan fingerprint density at radius 2 is 1.71 bits per heavy atom. The van der Waals surface area contributed by atoms with E-state index < -0.39 is 0 Å². The monoisotopic (exact) mass is 296 g/mol. The summed E-state index contributed by atoms with van der Waals surface area (Å²) in [4.78, 5) is 40.6. The Bertz CT molecular complexity index is 450. The van der Waals surface area contributed by atoms with Gasteiger partial charge in [0.1, 0.15) is 0 Å². The maximum absolute atomic E-state index is 12.1. The average molecular weight is 296 g/mol. The second-order valence-electron chi connectivity index (χ2n) is 6.71. The van der Waals surface area contributed by atoms with E-state index in [1.54, 1.807) is 4.90 Å². The number of piperazine rings is 1. The predicted octanol–water partition coefficient (Wildman–Crippen LogP) is -0.131. The van der Waals surface area contributed by atoms with Crippen molar-refractivity contribution in [2.24, 2.45) is 0 Å². The fourth-order valence-electron chi connectivity index (χ4n) is 2.66. The van der Waals surface area contributed by atoms with Crippen LogP contribution in [0.1, 0.15) is 27.2 Å². The topological polar surface area (TPSA) is 73.0 Å². The number of nitrogens with zero attached hydrogens (tertiary/aromatic N) is 3. The molecule has 0 bridgehead atoms. The van der Waals surface area contributed by atoms with E-state index in [1.165, 1.54) is 11.9 Å². The molecule has 0 aromatic heterocycles. The molecule has 2 aliphatic heterocycles. The largest absolute Gasteiger partial charge is 0.333 e. The molecule has 2 aliphatic rings. The van der Waals surface area contributed by atoms with Crippen LogP contribution in [0.3, 0.4) is 0 Å². The van der Waals surface area contributed by atoms with Crippen molar-refractivity contribution in [1.29, 1.82) is 0 Å². The summed E-state index contributed by atoms with van der Waals surface area (Å²) in [5.74, 6) is -0.259. The zero-order valence-electron chi connectivity index (χ0n) is 13.2. The number of likely N-dealkylation sites (tertiary alicyclic amines) is 1. The Morgan fingerprint density at radius 1 is 1.14 bits per heavy atom. The van der Waals surface area contributed by atoms with E-state index in [0.29, 0.717) is 26.2 Å². The summed E-state index contributed by atoms with van der Waals surface area (Å²) in [6, 6.07) is -0.427. The first-order valence-electron chi connectivity index (χ1n) is 7.30. The highest BCUT2D eigenvalue weighted by molar-refractivity contribution is 6.05. The quantitative estimate of drug-likeness (QED) is 0.684. The standard InChI is InChI=1S/C14H24N4O3/c1-14(2,3)15-13(21)18-7-5-17(6-8-18)10-9-11(19)16(4)12(10)20/h10H,5-9H2,1-4H3,(H,15,21). The molecule has 0 aromatic rings. The van der Waals surface area contributed by atoms with Crippen LogP contribution < -0.4 is 5.32 Å². The third kappa shape index (κ3) is 3.53. The molecule has 2 heterocycles. The van der Waals surface area contributed by atoms with Crippen LogP contribution in [0.15, 0.2) is 0 Å². The molecule has 2 fully saturated rings. The van der Waals surface area contributed by atoms with Gasteiger partial charge in [0, 0.05) is 38.8 Å². The Hall–Kier alpha value is -1.63. The van der Waals surface area contributed by atoms with Gasteiger partial charge in [-0.25, -0.2) is 4.79 Å². The summed E-state index contributed by atoms with van der Waals surface area (Å²) < 4.78 is 0.